The molecule has 7 heteroatoms. The number of carbonyl (C=O) groups excluding carboxylic acids is 1. The lowest BCUT2D eigenvalue weighted by Gasteiger charge is -2.29. The van der Waals surface area contributed by atoms with Crippen molar-refractivity contribution in [3.63, 3.8) is 0 Å². The van der Waals surface area contributed by atoms with E-state index in [1.807, 2.05) is 95.9 Å². The monoisotopic (exact) mass is 441 g/mol. The van der Waals surface area contributed by atoms with E-state index in [1.165, 1.54) is 0 Å². The lowest BCUT2D eigenvalue weighted by atomic mass is 10.0. The zero-order valence-corrected chi connectivity index (χ0v) is 17.9. The fourth-order valence-electron chi connectivity index (χ4n) is 3.98. The van der Waals surface area contributed by atoms with E-state index in [0.717, 1.165) is 16.7 Å². The number of aromatic nitrogens is 4. The maximum atomic E-state index is 13.9. The van der Waals surface area contributed by atoms with Gasteiger partial charge in [-0.3, -0.25) is 4.79 Å². The second kappa shape index (κ2) is 8.77. The van der Waals surface area contributed by atoms with Crippen molar-refractivity contribution >= 4 is 23.6 Å². The van der Waals surface area contributed by atoms with Crippen molar-refractivity contribution in [2.75, 3.05) is 0 Å². The standard InChI is InChI=1S/C25H20ClN5O/c26-22-14-8-7-13-20(22)15-21-17-31-24(27-28-29-31)23(19-11-5-2-6-12-19)30(25(21)32)16-18-9-3-1-4-10-18/h1-15,23H,16-17H2/b21-15+. The molecular weight excluding hydrogens is 422 g/mol. The van der Waals surface area contributed by atoms with Gasteiger partial charge in [-0.2, -0.15) is 0 Å². The number of fused-ring (bicyclic) bond motifs is 1. The van der Waals surface area contributed by atoms with Crippen molar-refractivity contribution in [2.45, 2.75) is 19.1 Å². The van der Waals surface area contributed by atoms with Crippen LogP contribution >= 0.6 is 11.6 Å². The van der Waals surface area contributed by atoms with Gasteiger partial charge >= 0.3 is 0 Å². The molecule has 0 saturated carbocycles. The largest absolute Gasteiger partial charge is 0.320 e. The summed E-state index contributed by atoms with van der Waals surface area (Å²) in [5.41, 5.74) is 3.33. The number of tetrazole rings is 1. The Hall–Kier alpha value is -3.77. The van der Waals surface area contributed by atoms with Gasteiger partial charge in [0.15, 0.2) is 5.82 Å². The van der Waals surface area contributed by atoms with Crippen LogP contribution < -0.4 is 0 Å². The highest BCUT2D eigenvalue weighted by Crippen LogP contribution is 2.33. The molecule has 2 heterocycles. The predicted octanol–water partition coefficient (Wildman–Crippen LogP) is 4.54. The van der Waals surface area contributed by atoms with Gasteiger partial charge in [0.25, 0.3) is 5.91 Å². The first-order chi connectivity index (χ1) is 15.7. The van der Waals surface area contributed by atoms with Gasteiger partial charge in [0, 0.05) is 17.1 Å². The van der Waals surface area contributed by atoms with E-state index in [2.05, 4.69) is 15.5 Å². The highest BCUT2D eigenvalue weighted by Gasteiger charge is 2.36. The summed E-state index contributed by atoms with van der Waals surface area (Å²) in [5.74, 6) is 0.540. The molecule has 6 nitrogen and oxygen atoms in total. The number of amides is 1. The Morgan fingerprint density at radius 1 is 0.938 bits per heavy atom. The Morgan fingerprint density at radius 2 is 1.62 bits per heavy atom. The number of benzene rings is 3. The number of hydrogen-bond acceptors (Lipinski definition) is 4. The second-order valence-corrected chi connectivity index (χ2v) is 8.02. The molecule has 3 aromatic carbocycles. The average Bonchev–Trinajstić information content (AvgIpc) is 3.24. The quantitative estimate of drug-likeness (QED) is 0.436. The fraction of sp³-hybridized carbons (Fsp3) is 0.120. The van der Waals surface area contributed by atoms with Crippen LogP contribution in [0.2, 0.25) is 5.02 Å². The molecule has 0 aliphatic carbocycles. The van der Waals surface area contributed by atoms with Gasteiger partial charge in [0.05, 0.1) is 6.54 Å². The normalized spacial score (nSPS) is 17.3. The number of nitrogens with zero attached hydrogens (tertiary/aromatic N) is 5. The van der Waals surface area contributed by atoms with E-state index >= 15 is 0 Å². The number of halogens is 1. The molecule has 32 heavy (non-hydrogen) atoms. The van der Waals surface area contributed by atoms with Crippen LogP contribution in [0.4, 0.5) is 0 Å². The van der Waals surface area contributed by atoms with Crippen LogP contribution in [0.25, 0.3) is 6.08 Å². The lowest BCUT2D eigenvalue weighted by molar-refractivity contribution is -0.129. The van der Waals surface area contributed by atoms with E-state index in [4.69, 9.17) is 11.6 Å². The van der Waals surface area contributed by atoms with E-state index in [1.54, 1.807) is 4.68 Å². The topological polar surface area (TPSA) is 63.9 Å². The minimum absolute atomic E-state index is 0.0880. The van der Waals surface area contributed by atoms with Crippen LogP contribution in [0.1, 0.15) is 28.6 Å². The minimum atomic E-state index is -0.420. The molecule has 5 rings (SSSR count). The molecule has 1 atom stereocenters. The van der Waals surface area contributed by atoms with E-state index in [9.17, 15) is 4.79 Å². The number of carbonyl (C=O) groups is 1. The maximum Gasteiger partial charge on any atom is 0.252 e. The molecule has 1 amide bonds. The van der Waals surface area contributed by atoms with Crippen molar-refractivity contribution in [1.29, 1.82) is 0 Å². The summed E-state index contributed by atoms with van der Waals surface area (Å²) in [6.45, 7) is 0.687. The predicted molar refractivity (Wildman–Crippen MR) is 123 cm³/mol. The average molecular weight is 442 g/mol. The molecular formula is C25H20ClN5O. The SMILES string of the molecule is O=C1/C(=C/c2ccccc2Cl)Cn2nnnc2C(c2ccccc2)N1Cc1ccccc1. The molecule has 0 N–H and O–H groups in total. The minimum Gasteiger partial charge on any atom is -0.320 e. The zero-order valence-electron chi connectivity index (χ0n) is 17.2. The summed E-state index contributed by atoms with van der Waals surface area (Å²) in [6.07, 6.45) is 1.83. The van der Waals surface area contributed by atoms with Gasteiger partial charge in [-0.25, -0.2) is 4.68 Å². The molecule has 1 aromatic heterocycles. The van der Waals surface area contributed by atoms with Crippen LogP contribution in [0, 0.1) is 0 Å². The van der Waals surface area contributed by atoms with Gasteiger partial charge in [0.1, 0.15) is 6.04 Å². The van der Waals surface area contributed by atoms with E-state index in [-0.39, 0.29) is 12.5 Å². The molecule has 1 aliphatic rings. The lowest BCUT2D eigenvalue weighted by Crippen LogP contribution is -2.35. The van der Waals surface area contributed by atoms with E-state index < -0.39 is 6.04 Å². The first-order valence-electron chi connectivity index (χ1n) is 10.3. The first kappa shape index (κ1) is 20.2. The molecule has 0 radical (unpaired) electrons. The summed E-state index contributed by atoms with van der Waals surface area (Å²) in [6, 6.07) is 26.9. The second-order valence-electron chi connectivity index (χ2n) is 7.62. The summed E-state index contributed by atoms with van der Waals surface area (Å²) in [4.78, 5) is 15.8. The van der Waals surface area contributed by atoms with Gasteiger partial charge in [-0.15, -0.1) is 5.10 Å². The van der Waals surface area contributed by atoms with Crippen LogP contribution in [0.5, 0.6) is 0 Å². The van der Waals surface area contributed by atoms with Crippen molar-refractivity contribution in [3.05, 3.63) is 118 Å². The highest BCUT2D eigenvalue weighted by molar-refractivity contribution is 6.32. The summed E-state index contributed by atoms with van der Waals surface area (Å²) < 4.78 is 1.70. The molecule has 0 bridgehead atoms. The fourth-order valence-corrected chi connectivity index (χ4v) is 4.18. The highest BCUT2D eigenvalue weighted by atomic mass is 35.5. The van der Waals surface area contributed by atoms with Crippen molar-refractivity contribution in [1.82, 2.24) is 25.1 Å². The Balaban J connectivity index is 1.66. The van der Waals surface area contributed by atoms with Gasteiger partial charge in [-0.1, -0.05) is 90.5 Å². The van der Waals surface area contributed by atoms with Crippen LogP contribution in [-0.2, 0) is 17.9 Å². The molecule has 0 saturated heterocycles. The molecule has 158 valence electrons. The van der Waals surface area contributed by atoms with Gasteiger partial charge < -0.3 is 4.90 Å². The van der Waals surface area contributed by atoms with Crippen molar-refractivity contribution < 1.29 is 4.79 Å². The Bertz CT molecular complexity index is 1270. The summed E-state index contributed by atoms with van der Waals surface area (Å²) >= 11 is 6.39. The third-order valence-electron chi connectivity index (χ3n) is 5.52. The smallest absolute Gasteiger partial charge is 0.252 e. The Morgan fingerprint density at radius 3 is 2.38 bits per heavy atom. The maximum absolute atomic E-state index is 13.9. The van der Waals surface area contributed by atoms with Crippen LogP contribution in [0.15, 0.2) is 90.5 Å². The summed E-state index contributed by atoms with van der Waals surface area (Å²) in [5, 5.41) is 13.0. The number of hydrogen-bond donors (Lipinski definition) is 0. The first-order valence-corrected chi connectivity index (χ1v) is 10.7. The third-order valence-corrected chi connectivity index (χ3v) is 5.86. The third kappa shape index (κ3) is 3.92. The van der Waals surface area contributed by atoms with Gasteiger partial charge in [-0.05, 0) is 39.3 Å². The zero-order chi connectivity index (χ0) is 21.9. The Kier molecular flexibility index (Phi) is 5.52. The summed E-state index contributed by atoms with van der Waals surface area (Å²) in [7, 11) is 0. The van der Waals surface area contributed by atoms with E-state index in [0.29, 0.717) is 23.0 Å². The van der Waals surface area contributed by atoms with Crippen molar-refractivity contribution in [3.8, 4) is 0 Å². The van der Waals surface area contributed by atoms with Crippen LogP contribution in [-0.4, -0.2) is 31.0 Å². The molecule has 1 aliphatic heterocycles. The van der Waals surface area contributed by atoms with Gasteiger partial charge in [0.2, 0.25) is 0 Å². The molecule has 4 aromatic rings. The van der Waals surface area contributed by atoms with Crippen molar-refractivity contribution in [2.24, 2.45) is 0 Å². The number of rotatable bonds is 4. The molecule has 1 unspecified atom stereocenters. The molecule has 0 spiro atoms. The molecule has 0 fully saturated rings. The van der Waals surface area contributed by atoms with Crippen LogP contribution in [0.3, 0.4) is 0 Å². The Labute approximate surface area is 190 Å².